The molecule has 2 rings (SSSR count). The molecule has 0 spiro atoms. The van der Waals surface area contributed by atoms with Crippen LogP contribution in [0.1, 0.15) is 38.3 Å². The van der Waals surface area contributed by atoms with Gasteiger partial charge in [-0.15, -0.1) is 0 Å². The van der Waals surface area contributed by atoms with Gasteiger partial charge in [-0.1, -0.05) is 6.07 Å². The zero-order valence-electron chi connectivity index (χ0n) is 12.8. The summed E-state index contributed by atoms with van der Waals surface area (Å²) in [6.45, 7) is 6.91. The largest absolute Gasteiger partial charge is 0.496 e. The minimum absolute atomic E-state index is 0.0558. The van der Waals surface area contributed by atoms with Crippen LogP contribution in [0.4, 0.5) is 5.69 Å². The first-order valence-corrected chi connectivity index (χ1v) is 7.46. The Morgan fingerprint density at radius 3 is 2.85 bits per heavy atom. The van der Waals surface area contributed by atoms with E-state index in [4.69, 9.17) is 15.2 Å². The predicted molar refractivity (Wildman–Crippen MR) is 82.5 cm³/mol. The number of anilines is 1. The van der Waals surface area contributed by atoms with E-state index >= 15 is 0 Å². The Morgan fingerprint density at radius 2 is 2.30 bits per heavy atom. The van der Waals surface area contributed by atoms with Crippen LogP contribution in [-0.2, 0) is 4.74 Å². The highest BCUT2D eigenvalue weighted by atomic mass is 16.5. The lowest BCUT2D eigenvalue weighted by Gasteiger charge is -2.30. The molecule has 1 aromatic rings. The highest BCUT2D eigenvalue weighted by molar-refractivity contribution is 5.60. The molecule has 0 saturated carbocycles. The molecular formula is C16H26N2O2. The minimum atomic E-state index is -0.0558. The van der Waals surface area contributed by atoms with Gasteiger partial charge in [0.2, 0.25) is 0 Å². The third-order valence-corrected chi connectivity index (χ3v) is 3.89. The molecule has 0 aliphatic carbocycles. The summed E-state index contributed by atoms with van der Waals surface area (Å²) in [6, 6.07) is 6.07. The van der Waals surface area contributed by atoms with Crippen LogP contribution in [0.25, 0.3) is 0 Å². The van der Waals surface area contributed by atoms with Gasteiger partial charge >= 0.3 is 0 Å². The Morgan fingerprint density at radius 1 is 1.50 bits per heavy atom. The van der Waals surface area contributed by atoms with Gasteiger partial charge in [0.25, 0.3) is 0 Å². The van der Waals surface area contributed by atoms with Crippen LogP contribution in [0.3, 0.4) is 0 Å². The Kier molecular flexibility index (Phi) is 5.26. The molecule has 1 aromatic carbocycles. The van der Waals surface area contributed by atoms with Gasteiger partial charge in [-0.2, -0.15) is 0 Å². The zero-order chi connectivity index (χ0) is 14.5. The molecule has 1 saturated heterocycles. The van der Waals surface area contributed by atoms with E-state index in [0.29, 0.717) is 6.10 Å². The van der Waals surface area contributed by atoms with E-state index in [1.807, 2.05) is 19.1 Å². The molecule has 0 aromatic heterocycles. The molecule has 0 amide bonds. The lowest BCUT2D eigenvalue weighted by molar-refractivity contribution is 0.115. The SMILES string of the molecule is CCN(CC1CCCO1)c1cccc(OC)c1[C@@H](C)N. The molecule has 2 N–H and O–H groups in total. The zero-order valence-corrected chi connectivity index (χ0v) is 12.8. The number of methoxy groups -OCH3 is 1. The van der Waals surface area contributed by atoms with Crippen molar-refractivity contribution < 1.29 is 9.47 Å². The van der Waals surface area contributed by atoms with E-state index in [0.717, 1.165) is 43.1 Å². The number of hydrogen-bond acceptors (Lipinski definition) is 4. The molecule has 1 aliphatic heterocycles. The van der Waals surface area contributed by atoms with E-state index in [9.17, 15) is 0 Å². The van der Waals surface area contributed by atoms with Crippen molar-refractivity contribution in [3.63, 3.8) is 0 Å². The lowest BCUT2D eigenvalue weighted by atomic mass is 10.0. The first-order chi connectivity index (χ1) is 9.67. The van der Waals surface area contributed by atoms with Crippen molar-refractivity contribution in [3.8, 4) is 5.75 Å². The third-order valence-electron chi connectivity index (χ3n) is 3.89. The number of benzene rings is 1. The molecule has 20 heavy (non-hydrogen) atoms. The summed E-state index contributed by atoms with van der Waals surface area (Å²) in [6.07, 6.45) is 2.65. The van der Waals surface area contributed by atoms with Crippen LogP contribution < -0.4 is 15.4 Å². The van der Waals surface area contributed by atoms with Crippen molar-refractivity contribution in [2.24, 2.45) is 5.73 Å². The van der Waals surface area contributed by atoms with E-state index in [2.05, 4.69) is 17.9 Å². The number of hydrogen-bond donors (Lipinski definition) is 1. The summed E-state index contributed by atoms with van der Waals surface area (Å²) in [5.74, 6) is 0.864. The van der Waals surface area contributed by atoms with Gasteiger partial charge in [0.1, 0.15) is 5.75 Å². The summed E-state index contributed by atoms with van der Waals surface area (Å²) < 4.78 is 11.2. The first-order valence-electron chi connectivity index (χ1n) is 7.46. The van der Waals surface area contributed by atoms with E-state index in [1.54, 1.807) is 7.11 Å². The standard InChI is InChI=1S/C16H26N2O2/c1-4-18(11-13-7-6-10-20-13)14-8-5-9-15(19-3)16(14)12(2)17/h5,8-9,12-13H,4,6-7,10-11,17H2,1-3H3/t12-,13?/m1/s1. The van der Waals surface area contributed by atoms with Crippen LogP contribution in [0.2, 0.25) is 0 Å². The fraction of sp³-hybridized carbons (Fsp3) is 0.625. The van der Waals surface area contributed by atoms with Crippen molar-refractivity contribution in [2.75, 3.05) is 31.7 Å². The molecule has 112 valence electrons. The smallest absolute Gasteiger partial charge is 0.125 e. The molecule has 0 bridgehead atoms. The van der Waals surface area contributed by atoms with Crippen molar-refractivity contribution in [1.29, 1.82) is 0 Å². The number of rotatable bonds is 6. The van der Waals surface area contributed by atoms with E-state index in [1.165, 1.54) is 6.42 Å². The van der Waals surface area contributed by atoms with Gasteiger partial charge in [-0.3, -0.25) is 0 Å². The van der Waals surface area contributed by atoms with Crippen LogP contribution in [0.5, 0.6) is 5.75 Å². The summed E-state index contributed by atoms with van der Waals surface area (Å²) in [7, 11) is 1.70. The minimum Gasteiger partial charge on any atom is -0.496 e. The third kappa shape index (κ3) is 3.25. The molecule has 1 aliphatic rings. The maximum atomic E-state index is 6.15. The van der Waals surface area contributed by atoms with Crippen molar-refractivity contribution >= 4 is 5.69 Å². The van der Waals surface area contributed by atoms with Gasteiger partial charge in [-0.25, -0.2) is 0 Å². The van der Waals surface area contributed by atoms with Gasteiger partial charge < -0.3 is 20.1 Å². The summed E-state index contributed by atoms with van der Waals surface area (Å²) in [5, 5.41) is 0. The van der Waals surface area contributed by atoms with Crippen LogP contribution in [0, 0.1) is 0 Å². The van der Waals surface area contributed by atoms with Crippen molar-refractivity contribution in [1.82, 2.24) is 0 Å². The Hall–Kier alpha value is -1.26. The topological polar surface area (TPSA) is 47.7 Å². The molecule has 2 atom stereocenters. The van der Waals surface area contributed by atoms with Gasteiger partial charge in [0.05, 0.1) is 13.2 Å². The van der Waals surface area contributed by atoms with Crippen molar-refractivity contribution in [3.05, 3.63) is 23.8 Å². The Labute approximate surface area is 121 Å². The molecule has 4 nitrogen and oxygen atoms in total. The number of ether oxygens (including phenoxy) is 2. The second kappa shape index (κ2) is 6.95. The monoisotopic (exact) mass is 278 g/mol. The highest BCUT2D eigenvalue weighted by Gasteiger charge is 2.22. The maximum absolute atomic E-state index is 6.15. The lowest BCUT2D eigenvalue weighted by Crippen LogP contribution is -2.33. The quantitative estimate of drug-likeness (QED) is 0.869. The van der Waals surface area contributed by atoms with Gasteiger partial charge in [0, 0.05) is 37.0 Å². The number of likely N-dealkylation sites (N-methyl/N-ethyl adjacent to an activating group) is 1. The normalized spacial score (nSPS) is 19.9. The van der Waals surface area contributed by atoms with E-state index in [-0.39, 0.29) is 6.04 Å². The van der Waals surface area contributed by atoms with Crippen molar-refractivity contribution in [2.45, 2.75) is 38.8 Å². The first kappa shape index (κ1) is 15.1. The molecular weight excluding hydrogens is 252 g/mol. The molecule has 1 unspecified atom stereocenters. The van der Waals surface area contributed by atoms with E-state index < -0.39 is 0 Å². The molecule has 4 heteroatoms. The summed E-state index contributed by atoms with van der Waals surface area (Å²) in [5.41, 5.74) is 8.40. The van der Waals surface area contributed by atoms with Crippen LogP contribution in [-0.4, -0.2) is 32.9 Å². The Balaban J connectivity index is 2.27. The maximum Gasteiger partial charge on any atom is 0.125 e. The van der Waals surface area contributed by atoms with Gasteiger partial charge in [0.15, 0.2) is 0 Å². The van der Waals surface area contributed by atoms with Crippen LogP contribution >= 0.6 is 0 Å². The Bertz CT molecular complexity index is 428. The second-order valence-corrected chi connectivity index (χ2v) is 5.36. The fourth-order valence-corrected chi connectivity index (χ4v) is 2.88. The average Bonchev–Trinajstić information content (AvgIpc) is 2.96. The number of nitrogens with two attached hydrogens (primary N) is 1. The predicted octanol–water partition coefficient (Wildman–Crippen LogP) is 2.72. The highest BCUT2D eigenvalue weighted by Crippen LogP contribution is 2.34. The molecule has 0 radical (unpaired) electrons. The second-order valence-electron chi connectivity index (χ2n) is 5.36. The summed E-state index contributed by atoms with van der Waals surface area (Å²) >= 11 is 0. The summed E-state index contributed by atoms with van der Waals surface area (Å²) in [4.78, 5) is 2.34. The van der Waals surface area contributed by atoms with Gasteiger partial charge in [-0.05, 0) is 38.8 Å². The average molecular weight is 278 g/mol. The van der Waals surface area contributed by atoms with Crippen LogP contribution in [0.15, 0.2) is 18.2 Å². The molecule has 1 heterocycles. The fourth-order valence-electron chi connectivity index (χ4n) is 2.88. The molecule has 1 fully saturated rings. The number of nitrogens with zero attached hydrogens (tertiary/aromatic N) is 1.